The maximum atomic E-state index is 13.1. The third-order valence-corrected chi connectivity index (χ3v) is 7.30. The fourth-order valence-corrected chi connectivity index (χ4v) is 5.43. The van der Waals surface area contributed by atoms with Crippen molar-refractivity contribution in [2.75, 3.05) is 12.4 Å². The molecule has 0 aliphatic rings. The minimum Gasteiger partial charge on any atom is -0.480 e. The summed E-state index contributed by atoms with van der Waals surface area (Å²) in [5, 5.41) is 12.5. The summed E-state index contributed by atoms with van der Waals surface area (Å²) in [5.74, 6) is -1.99. The van der Waals surface area contributed by atoms with E-state index in [2.05, 4.69) is 5.32 Å². The summed E-state index contributed by atoms with van der Waals surface area (Å²) in [7, 11) is -3.89. The first-order valence-corrected chi connectivity index (χ1v) is 14.3. The molecule has 35 heavy (non-hydrogen) atoms. The molecule has 0 aliphatic carbocycles. The molecule has 10 heteroatoms. The molecule has 0 spiro atoms. The first-order valence-electron chi connectivity index (χ1n) is 12.3. The van der Waals surface area contributed by atoms with Gasteiger partial charge in [0.05, 0.1) is 12.3 Å². The van der Waals surface area contributed by atoms with Crippen LogP contribution >= 0.6 is 7.37 Å². The van der Waals surface area contributed by atoms with Gasteiger partial charge in [-0.05, 0) is 57.4 Å². The standard InChI is InChI=1S/C25H42N3O6P/c1-18(2)16-22(25(31)32)28(23(29)14-8-12-20-10-6-5-7-11-20)17-35(33,34)15-9-13-21(26)24(30)27-19(3)4/h5-7,10-11,18-19,21-22H,8-9,12-17,26H2,1-4H3,(H,27,30)(H,31,32)(H,33,34)/t21?,22-/m0/s1. The number of aryl methyl sites for hydroxylation is 1. The van der Waals surface area contributed by atoms with Crippen molar-refractivity contribution in [1.82, 2.24) is 10.2 Å². The van der Waals surface area contributed by atoms with Gasteiger partial charge in [0.25, 0.3) is 0 Å². The van der Waals surface area contributed by atoms with Gasteiger partial charge in [0, 0.05) is 18.6 Å². The van der Waals surface area contributed by atoms with Crippen LogP contribution in [-0.4, -0.2) is 63.3 Å². The average molecular weight is 512 g/mol. The molecule has 2 unspecified atom stereocenters. The van der Waals surface area contributed by atoms with Gasteiger partial charge >= 0.3 is 5.97 Å². The average Bonchev–Trinajstić information content (AvgIpc) is 2.75. The van der Waals surface area contributed by atoms with Gasteiger partial charge in [-0.25, -0.2) is 4.79 Å². The zero-order valence-electron chi connectivity index (χ0n) is 21.4. The Morgan fingerprint density at radius 3 is 2.26 bits per heavy atom. The number of benzene rings is 1. The van der Waals surface area contributed by atoms with E-state index in [9.17, 15) is 28.9 Å². The molecule has 0 fully saturated rings. The maximum Gasteiger partial charge on any atom is 0.326 e. The summed E-state index contributed by atoms with van der Waals surface area (Å²) in [6.07, 6.45) is 1.14. The van der Waals surface area contributed by atoms with E-state index in [1.807, 2.05) is 58.0 Å². The zero-order chi connectivity index (χ0) is 26.6. The second-order valence-corrected chi connectivity index (χ2v) is 12.2. The lowest BCUT2D eigenvalue weighted by atomic mass is 10.0. The number of nitrogens with zero attached hydrogens (tertiary/aromatic N) is 1. The van der Waals surface area contributed by atoms with Crippen molar-refractivity contribution in [1.29, 1.82) is 0 Å². The molecule has 2 amide bonds. The number of amides is 2. The number of carbonyl (C=O) groups excluding carboxylic acids is 2. The Balaban J connectivity index is 2.84. The van der Waals surface area contributed by atoms with Crippen molar-refractivity contribution in [2.45, 2.75) is 84.3 Å². The Morgan fingerprint density at radius 1 is 1.09 bits per heavy atom. The molecule has 1 aromatic rings. The van der Waals surface area contributed by atoms with Gasteiger partial charge in [0.2, 0.25) is 19.2 Å². The van der Waals surface area contributed by atoms with Crippen LogP contribution in [0.3, 0.4) is 0 Å². The fourth-order valence-electron chi connectivity index (χ4n) is 3.78. The Hall–Kier alpha value is -2.22. The van der Waals surface area contributed by atoms with Crippen molar-refractivity contribution in [3.63, 3.8) is 0 Å². The number of hydrogen-bond donors (Lipinski definition) is 4. The number of hydrogen-bond acceptors (Lipinski definition) is 5. The van der Waals surface area contributed by atoms with Crippen LogP contribution in [0, 0.1) is 5.92 Å². The lowest BCUT2D eigenvalue weighted by Crippen LogP contribution is -2.46. The van der Waals surface area contributed by atoms with Crippen LogP contribution in [0.5, 0.6) is 0 Å². The van der Waals surface area contributed by atoms with E-state index >= 15 is 0 Å². The molecular formula is C25H42N3O6P. The molecule has 198 valence electrons. The first-order chi connectivity index (χ1) is 16.3. The fraction of sp³-hybridized carbons (Fsp3) is 0.640. The van der Waals surface area contributed by atoms with E-state index in [1.165, 1.54) is 0 Å². The van der Waals surface area contributed by atoms with E-state index in [4.69, 9.17) is 5.73 Å². The van der Waals surface area contributed by atoms with E-state index in [0.717, 1.165) is 10.5 Å². The van der Waals surface area contributed by atoms with Crippen LogP contribution in [0.25, 0.3) is 0 Å². The summed E-state index contributed by atoms with van der Waals surface area (Å²) >= 11 is 0. The number of aliphatic carboxylic acids is 1. The molecule has 0 bridgehead atoms. The van der Waals surface area contributed by atoms with Gasteiger partial charge in [-0.15, -0.1) is 0 Å². The molecule has 1 rings (SSSR count). The third kappa shape index (κ3) is 12.3. The van der Waals surface area contributed by atoms with Gasteiger partial charge in [-0.3, -0.25) is 14.2 Å². The number of nitrogens with one attached hydrogen (secondary N) is 1. The largest absolute Gasteiger partial charge is 0.480 e. The lowest BCUT2D eigenvalue weighted by Gasteiger charge is -2.32. The number of carbonyl (C=O) groups is 3. The molecule has 0 radical (unpaired) electrons. The molecule has 1 aromatic carbocycles. The molecular weight excluding hydrogens is 469 g/mol. The predicted octanol–water partition coefficient (Wildman–Crippen LogP) is 3.20. The van der Waals surface area contributed by atoms with Gasteiger partial charge in [0.1, 0.15) is 6.04 Å². The number of carboxylic acid groups (broad SMARTS) is 1. The minimum absolute atomic E-state index is 0.0220. The SMILES string of the molecule is CC(C)C[C@@H](C(=O)O)N(CP(=O)(O)CCCC(N)C(=O)NC(C)C)C(=O)CCCc1ccccc1. The summed E-state index contributed by atoms with van der Waals surface area (Å²) in [6, 6.07) is 7.58. The Morgan fingerprint density at radius 2 is 1.71 bits per heavy atom. The highest BCUT2D eigenvalue weighted by Crippen LogP contribution is 2.43. The summed E-state index contributed by atoms with van der Waals surface area (Å²) in [6.45, 7) is 7.31. The van der Waals surface area contributed by atoms with Crippen LogP contribution in [0.1, 0.15) is 65.4 Å². The van der Waals surface area contributed by atoms with Crippen molar-refractivity contribution < 1.29 is 28.9 Å². The first kappa shape index (κ1) is 30.8. The molecule has 9 nitrogen and oxygen atoms in total. The Labute approximate surface area is 208 Å². The highest BCUT2D eigenvalue weighted by Gasteiger charge is 2.35. The molecule has 0 aromatic heterocycles. The van der Waals surface area contributed by atoms with Crippen LogP contribution in [0.15, 0.2) is 30.3 Å². The number of carboxylic acids is 1. The second kappa shape index (κ2) is 15.0. The number of rotatable bonds is 16. The topological polar surface area (TPSA) is 150 Å². The lowest BCUT2D eigenvalue weighted by molar-refractivity contribution is -0.150. The highest BCUT2D eigenvalue weighted by molar-refractivity contribution is 7.57. The molecule has 3 atom stereocenters. The van der Waals surface area contributed by atoms with Crippen LogP contribution in [0.4, 0.5) is 0 Å². The monoisotopic (exact) mass is 511 g/mol. The maximum absolute atomic E-state index is 13.1. The zero-order valence-corrected chi connectivity index (χ0v) is 22.2. The van der Waals surface area contributed by atoms with Crippen molar-refractivity contribution in [3.05, 3.63) is 35.9 Å². The van der Waals surface area contributed by atoms with E-state index in [0.29, 0.717) is 12.8 Å². The van der Waals surface area contributed by atoms with E-state index in [-0.39, 0.29) is 49.7 Å². The van der Waals surface area contributed by atoms with Crippen LogP contribution < -0.4 is 11.1 Å². The predicted molar refractivity (Wildman–Crippen MR) is 137 cm³/mol. The smallest absolute Gasteiger partial charge is 0.326 e. The normalized spacial score (nSPS) is 14.9. The number of nitrogens with two attached hydrogens (primary N) is 1. The Kier molecular flexibility index (Phi) is 13.2. The molecule has 0 saturated heterocycles. The summed E-state index contributed by atoms with van der Waals surface area (Å²) in [5.41, 5.74) is 6.93. The van der Waals surface area contributed by atoms with Gasteiger partial charge in [0.15, 0.2) is 0 Å². The van der Waals surface area contributed by atoms with Crippen molar-refractivity contribution in [3.8, 4) is 0 Å². The summed E-state index contributed by atoms with van der Waals surface area (Å²) < 4.78 is 13.0. The van der Waals surface area contributed by atoms with Crippen molar-refractivity contribution in [2.24, 2.45) is 11.7 Å². The van der Waals surface area contributed by atoms with Gasteiger partial charge in [-0.1, -0.05) is 44.2 Å². The quantitative estimate of drug-likeness (QED) is 0.249. The van der Waals surface area contributed by atoms with Gasteiger partial charge in [-0.2, -0.15) is 0 Å². The molecule has 5 N–H and O–H groups in total. The molecule has 0 heterocycles. The van der Waals surface area contributed by atoms with E-state index in [1.54, 1.807) is 0 Å². The van der Waals surface area contributed by atoms with Gasteiger partial charge < -0.3 is 26.0 Å². The summed E-state index contributed by atoms with van der Waals surface area (Å²) in [4.78, 5) is 48.7. The molecule has 0 saturated carbocycles. The second-order valence-electron chi connectivity index (χ2n) is 9.81. The highest BCUT2D eigenvalue weighted by atomic mass is 31.2. The third-order valence-electron chi connectivity index (χ3n) is 5.54. The minimum atomic E-state index is -3.89. The van der Waals surface area contributed by atoms with Crippen molar-refractivity contribution >= 4 is 25.2 Å². The molecule has 0 aliphatic heterocycles. The van der Waals surface area contributed by atoms with Crippen LogP contribution in [-0.2, 0) is 25.4 Å². The Bertz CT molecular complexity index is 862. The van der Waals surface area contributed by atoms with E-state index < -0.39 is 37.6 Å². The van der Waals surface area contributed by atoms with Crippen LogP contribution in [0.2, 0.25) is 0 Å².